The third kappa shape index (κ3) is 6.37. The molecule has 0 heterocycles. The number of benzene rings is 3. The lowest BCUT2D eigenvalue weighted by Crippen LogP contribution is -2.32. The first kappa shape index (κ1) is 19.3. The fraction of sp³-hybridized carbons (Fsp3) is 0.0435. The molecule has 0 aliphatic carbocycles. The molecule has 0 aliphatic rings. The van der Waals surface area contributed by atoms with Gasteiger partial charge in [-0.2, -0.15) is 0 Å². The summed E-state index contributed by atoms with van der Waals surface area (Å²) in [5.74, 6) is 0.472. The minimum absolute atomic E-state index is 0.237. The second-order valence-corrected chi connectivity index (χ2v) is 6.39. The lowest BCUT2D eigenvalue weighted by Gasteiger charge is -2.10. The van der Waals surface area contributed by atoms with Crippen LogP contribution in [0.1, 0.15) is 11.1 Å². The molecular weight excluding hydrogens is 368 g/mol. The molecule has 28 heavy (non-hydrogen) atoms. The van der Waals surface area contributed by atoms with Crippen molar-refractivity contribution in [3.05, 3.63) is 102 Å². The molecule has 0 atom stereocenters. The lowest BCUT2D eigenvalue weighted by molar-refractivity contribution is -0.115. The number of anilines is 1. The van der Waals surface area contributed by atoms with Crippen LogP contribution < -0.4 is 15.4 Å². The van der Waals surface area contributed by atoms with Gasteiger partial charge in [-0.05, 0) is 53.7 Å². The van der Waals surface area contributed by atoms with Gasteiger partial charge >= 0.3 is 0 Å². The summed E-state index contributed by atoms with van der Waals surface area (Å²) in [6.07, 6.45) is 3.18. The lowest BCUT2D eigenvalue weighted by atomic mass is 10.2. The maximum absolute atomic E-state index is 11.9. The molecule has 0 radical (unpaired) electrons. The van der Waals surface area contributed by atoms with E-state index < -0.39 is 0 Å². The average molecular weight is 388 g/mol. The second-order valence-electron chi connectivity index (χ2n) is 5.99. The number of rotatable bonds is 6. The number of thiocarbonyl (C=S) groups is 1. The highest BCUT2D eigenvalue weighted by Gasteiger charge is 2.02. The Bertz CT molecular complexity index is 939. The van der Waals surface area contributed by atoms with Crippen molar-refractivity contribution in [3.8, 4) is 5.75 Å². The zero-order valence-electron chi connectivity index (χ0n) is 15.2. The SMILES string of the molecule is O=C(C=Cc1ccccc1)NC(=S)Nc1ccc(OCc2ccccc2)cc1. The molecule has 0 fully saturated rings. The van der Waals surface area contributed by atoms with Gasteiger partial charge in [-0.1, -0.05) is 60.7 Å². The normalized spacial score (nSPS) is 10.4. The van der Waals surface area contributed by atoms with Gasteiger partial charge in [0, 0.05) is 11.8 Å². The first-order valence-corrected chi connectivity index (χ1v) is 9.22. The highest BCUT2D eigenvalue weighted by molar-refractivity contribution is 7.80. The van der Waals surface area contributed by atoms with Gasteiger partial charge in [-0.3, -0.25) is 10.1 Å². The molecule has 0 aliphatic heterocycles. The first-order valence-electron chi connectivity index (χ1n) is 8.81. The summed E-state index contributed by atoms with van der Waals surface area (Å²) < 4.78 is 5.75. The maximum atomic E-state index is 11.9. The first-order chi connectivity index (χ1) is 13.7. The number of ether oxygens (including phenoxy) is 1. The maximum Gasteiger partial charge on any atom is 0.250 e. The zero-order valence-corrected chi connectivity index (χ0v) is 16.0. The molecule has 0 bridgehead atoms. The van der Waals surface area contributed by atoms with Crippen molar-refractivity contribution >= 4 is 35.0 Å². The third-order valence-corrected chi connectivity index (χ3v) is 4.03. The molecule has 0 aromatic heterocycles. The van der Waals surface area contributed by atoms with E-state index in [-0.39, 0.29) is 11.0 Å². The summed E-state index contributed by atoms with van der Waals surface area (Å²) >= 11 is 5.18. The second kappa shape index (κ2) is 10.0. The van der Waals surface area contributed by atoms with Crippen LogP contribution in [0.15, 0.2) is 91.0 Å². The Morgan fingerprint density at radius 3 is 2.21 bits per heavy atom. The molecule has 2 N–H and O–H groups in total. The van der Waals surface area contributed by atoms with Crippen molar-refractivity contribution < 1.29 is 9.53 Å². The summed E-state index contributed by atoms with van der Waals surface area (Å²) in [6, 6.07) is 27.0. The van der Waals surface area contributed by atoms with Crippen LogP contribution in [0.4, 0.5) is 5.69 Å². The Labute approximate surface area is 169 Å². The molecule has 3 aromatic carbocycles. The van der Waals surface area contributed by atoms with Crippen molar-refractivity contribution in [1.82, 2.24) is 5.32 Å². The van der Waals surface area contributed by atoms with E-state index in [1.165, 1.54) is 6.08 Å². The number of hydrogen-bond acceptors (Lipinski definition) is 3. The van der Waals surface area contributed by atoms with Crippen molar-refractivity contribution in [2.45, 2.75) is 6.61 Å². The smallest absolute Gasteiger partial charge is 0.250 e. The van der Waals surface area contributed by atoms with E-state index in [9.17, 15) is 4.79 Å². The van der Waals surface area contributed by atoms with Crippen LogP contribution in [-0.2, 0) is 11.4 Å². The minimum Gasteiger partial charge on any atom is -0.489 e. The predicted molar refractivity (Wildman–Crippen MR) is 117 cm³/mol. The Kier molecular flexibility index (Phi) is 6.93. The number of nitrogens with one attached hydrogen (secondary N) is 2. The fourth-order valence-electron chi connectivity index (χ4n) is 2.43. The van der Waals surface area contributed by atoms with E-state index in [4.69, 9.17) is 17.0 Å². The van der Waals surface area contributed by atoms with Crippen LogP contribution in [0.25, 0.3) is 6.08 Å². The fourth-order valence-corrected chi connectivity index (χ4v) is 2.65. The molecular formula is C23H20N2O2S. The molecule has 0 saturated carbocycles. The van der Waals surface area contributed by atoms with Crippen LogP contribution in [0, 0.1) is 0 Å². The van der Waals surface area contributed by atoms with Gasteiger partial charge in [0.05, 0.1) is 0 Å². The number of carbonyl (C=O) groups is 1. The largest absolute Gasteiger partial charge is 0.489 e. The van der Waals surface area contributed by atoms with E-state index in [0.717, 1.165) is 22.6 Å². The molecule has 0 saturated heterocycles. The Morgan fingerprint density at radius 2 is 1.54 bits per heavy atom. The molecule has 3 aromatic rings. The average Bonchev–Trinajstić information content (AvgIpc) is 2.73. The summed E-state index contributed by atoms with van der Waals surface area (Å²) in [4.78, 5) is 11.9. The predicted octanol–water partition coefficient (Wildman–Crippen LogP) is 4.79. The van der Waals surface area contributed by atoms with E-state index in [1.807, 2.05) is 84.9 Å². The van der Waals surface area contributed by atoms with E-state index in [0.29, 0.717) is 6.61 Å². The van der Waals surface area contributed by atoms with Crippen LogP contribution in [-0.4, -0.2) is 11.0 Å². The van der Waals surface area contributed by atoms with Gasteiger partial charge in [0.2, 0.25) is 5.91 Å². The minimum atomic E-state index is -0.288. The van der Waals surface area contributed by atoms with E-state index >= 15 is 0 Å². The summed E-state index contributed by atoms with van der Waals surface area (Å²) in [7, 11) is 0. The number of hydrogen-bond donors (Lipinski definition) is 2. The van der Waals surface area contributed by atoms with E-state index in [2.05, 4.69) is 10.6 Å². The van der Waals surface area contributed by atoms with E-state index in [1.54, 1.807) is 6.08 Å². The van der Waals surface area contributed by atoms with Gasteiger partial charge in [-0.15, -0.1) is 0 Å². The van der Waals surface area contributed by atoms with Gasteiger partial charge in [-0.25, -0.2) is 0 Å². The van der Waals surface area contributed by atoms with Crippen LogP contribution >= 0.6 is 12.2 Å². The van der Waals surface area contributed by atoms with Crippen LogP contribution in [0.3, 0.4) is 0 Å². The van der Waals surface area contributed by atoms with Gasteiger partial charge < -0.3 is 10.1 Å². The van der Waals surface area contributed by atoms with Gasteiger partial charge in [0.15, 0.2) is 5.11 Å². The monoisotopic (exact) mass is 388 g/mol. The summed E-state index contributed by atoms with van der Waals surface area (Å²) in [5.41, 5.74) is 2.82. The van der Waals surface area contributed by atoms with Crippen LogP contribution in [0.2, 0.25) is 0 Å². The van der Waals surface area contributed by atoms with Crippen molar-refractivity contribution in [1.29, 1.82) is 0 Å². The van der Waals surface area contributed by atoms with Crippen molar-refractivity contribution in [2.75, 3.05) is 5.32 Å². The Hall–Kier alpha value is -3.44. The molecule has 0 spiro atoms. The summed E-state index contributed by atoms with van der Waals surface area (Å²) in [5, 5.41) is 5.84. The van der Waals surface area contributed by atoms with Crippen LogP contribution in [0.5, 0.6) is 5.75 Å². The van der Waals surface area contributed by atoms with Gasteiger partial charge in [0.25, 0.3) is 0 Å². The quantitative estimate of drug-likeness (QED) is 0.471. The topological polar surface area (TPSA) is 50.4 Å². The standard InChI is InChI=1S/C23H20N2O2S/c26-22(16-11-18-7-3-1-4-8-18)25-23(28)24-20-12-14-21(15-13-20)27-17-19-9-5-2-6-10-19/h1-16H,17H2,(H2,24,25,26,28). The third-order valence-electron chi connectivity index (χ3n) is 3.82. The molecule has 3 rings (SSSR count). The zero-order chi connectivity index (χ0) is 19.6. The molecule has 4 nitrogen and oxygen atoms in total. The van der Waals surface area contributed by atoms with Crippen molar-refractivity contribution in [3.63, 3.8) is 0 Å². The van der Waals surface area contributed by atoms with Crippen molar-refractivity contribution in [2.24, 2.45) is 0 Å². The molecule has 140 valence electrons. The molecule has 5 heteroatoms. The number of carbonyl (C=O) groups excluding carboxylic acids is 1. The Balaban J connectivity index is 1.46. The highest BCUT2D eigenvalue weighted by atomic mass is 32.1. The Morgan fingerprint density at radius 1 is 0.893 bits per heavy atom. The summed E-state index contributed by atoms with van der Waals surface area (Å²) in [6.45, 7) is 0.510. The van der Waals surface area contributed by atoms with Gasteiger partial charge in [0.1, 0.15) is 12.4 Å². The molecule has 0 unspecified atom stereocenters. The highest BCUT2D eigenvalue weighted by Crippen LogP contribution is 2.17. The number of amides is 1. The molecule has 1 amide bonds.